The van der Waals surface area contributed by atoms with Gasteiger partial charge in [0, 0.05) is 72.5 Å². The number of alkyl halides is 3. The van der Waals surface area contributed by atoms with Crippen molar-refractivity contribution in [2.45, 2.75) is 6.18 Å². The number of benzene rings is 3. The van der Waals surface area contributed by atoms with Gasteiger partial charge in [0.1, 0.15) is 11.3 Å². The molecule has 37 heavy (non-hydrogen) atoms. The first-order chi connectivity index (χ1) is 17.3. The van der Waals surface area contributed by atoms with Crippen LogP contribution in [0.5, 0.6) is 5.75 Å². The van der Waals surface area contributed by atoms with E-state index in [0.717, 1.165) is 21.8 Å². The third-order valence-electron chi connectivity index (χ3n) is 5.60. The molecule has 6 aromatic rings. The second kappa shape index (κ2) is 10.6. The number of hydrogen-bond acceptors (Lipinski definition) is 6. The molecule has 0 amide bonds. The fourth-order valence-electron chi connectivity index (χ4n) is 3.98. The van der Waals surface area contributed by atoms with Crippen molar-refractivity contribution in [3.63, 3.8) is 0 Å². The average Bonchev–Trinajstić information content (AvgIpc) is 2.88. The van der Waals surface area contributed by atoms with Crippen LogP contribution < -0.4 is 5.63 Å². The van der Waals surface area contributed by atoms with E-state index in [1.165, 1.54) is 6.07 Å². The smallest absolute Gasteiger partial charge is 0.455 e. The maximum atomic E-state index is 12.6. The van der Waals surface area contributed by atoms with E-state index in [2.05, 4.69) is 34.2 Å². The van der Waals surface area contributed by atoms with E-state index < -0.39 is 28.9 Å². The maximum Gasteiger partial charge on any atom is 0.455 e. The van der Waals surface area contributed by atoms with E-state index in [-0.39, 0.29) is 60.3 Å². The summed E-state index contributed by atoms with van der Waals surface area (Å²) in [5.74, 6) is -3.46. The van der Waals surface area contributed by atoms with Crippen molar-refractivity contribution in [1.29, 1.82) is 0 Å². The quantitative estimate of drug-likeness (QED) is 0.131. The van der Waals surface area contributed by atoms with E-state index in [1.807, 2.05) is 12.1 Å². The van der Waals surface area contributed by atoms with Crippen LogP contribution in [0.3, 0.4) is 0 Å². The van der Waals surface area contributed by atoms with Gasteiger partial charge in [0.05, 0.1) is 16.4 Å². The van der Waals surface area contributed by atoms with Crippen molar-refractivity contribution in [1.82, 2.24) is 9.97 Å². The van der Waals surface area contributed by atoms with Gasteiger partial charge in [-0.2, -0.15) is 13.2 Å². The molecule has 1 radical (unpaired) electrons. The summed E-state index contributed by atoms with van der Waals surface area (Å²) >= 11 is 0. The van der Waals surface area contributed by atoms with Gasteiger partial charge in [-0.05, 0) is 29.0 Å². The molecule has 0 saturated heterocycles. The zero-order valence-corrected chi connectivity index (χ0v) is 21.1. The van der Waals surface area contributed by atoms with Crippen LogP contribution in [0.2, 0.25) is 0 Å². The van der Waals surface area contributed by atoms with Crippen LogP contribution in [-0.4, -0.2) is 27.0 Å². The van der Waals surface area contributed by atoms with Gasteiger partial charge in [0.2, 0.25) is 0 Å². The third kappa shape index (κ3) is 5.14. The van der Waals surface area contributed by atoms with Gasteiger partial charge in [0.15, 0.2) is 5.56 Å². The van der Waals surface area contributed by atoms with Gasteiger partial charge in [-0.25, -0.2) is 4.79 Å². The Hall–Kier alpha value is -3.21. The molecule has 0 atom stereocenters. The fourth-order valence-corrected chi connectivity index (χ4v) is 3.98. The molecule has 0 aliphatic carbocycles. The molecular formula is C27H15EuF3N2O4. The van der Waals surface area contributed by atoms with E-state index in [0.29, 0.717) is 10.8 Å². The Morgan fingerprint density at radius 1 is 0.784 bits per heavy atom. The number of nitrogens with zero attached hydrogens (tertiary/aromatic N) is 2. The van der Waals surface area contributed by atoms with Crippen molar-refractivity contribution in [3.05, 3.63) is 101 Å². The SMILES string of the molecule is O=C(c1c(O)c2c(ccc3ccccc32)oc1=O)C(F)(F)F.[Eu].c1cnc2c(c1)ccc1cccnc12. The number of pyridine rings is 2. The predicted molar refractivity (Wildman–Crippen MR) is 129 cm³/mol. The topological polar surface area (TPSA) is 93.3 Å². The molecule has 6 rings (SSSR count). The van der Waals surface area contributed by atoms with Crippen LogP contribution in [0.4, 0.5) is 13.2 Å². The molecule has 0 saturated carbocycles. The summed E-state index contributed by atoms with van der Waals surface area (Å²) in [6.07, 6.45) is -1.68. The molecule has 3 heterocycles. The minimum absolute atomic E-state index is 0. The number of Topliss-reactive ketones (excluding diaryl/α,β-unsaturated/α-hetero) is 1. The van der Waals surface area contributed by atoms with Gasteiger partial charge >= 0.3 is 11.8 Å². The minimum atomic E-state index is -5.29. The number of rotatable bonds is 1. The van der Waals surface area contributed by atoms with Gasteiger partial charge in [0.25, 0.3) is 5.78 Å². The molecule has 185 valence electrons. The molecule has 1 N–H and O–H groups in total. The molecule has 0 unspecified atom stereocenters. The van der Waals surface area contributed by atoms with Crippen LogP contribution in [0.1, 0.15) is 10.4 Å². The second-order valence-electron chi connectivity index (χ2n) is 7.82. The Balaban J connectivity index is 0.000000184. The van der Waals surface area contributed by atoms with E-state index in [9.17, 15) is 27.9 Å². The number of hydrogen-bond donors (Lipinski definition) is 1. The Kier molecular flexibility index (Phi) is 7.73. The number of fused-ring (bicyclic) bond motifs is 6. The van der Waals surface area contributed by atoms with E-state index in [4.69, 9.17) is 4.42 Å². The summed E-state index contributed by atoms with van der Waals surface area (Å²) in [4.78, 5) is 31.7. The van der Waals surface area contributed by atoms with Crippen LogP contribution >= 0.6 is 0 Å². The first-order valence-corrected chi connectivity index (χ1v) is 10.6. The molecule has 0 spiro atoms. The van der Waals surface area contributed by atoms with E-state index in [1.54, 1.807) is 42.7 Å². The van der Waals surface area contributed by atoms with E-state index >= 15 is 0 Å². The van der Waals surface area contributed by atoms with Crippen molar-refractivity contribution in [2.75, 3.05) is 0 Å². The zero-order chi connectivity index (χ0) is 25.4. The Morgan fingerprint density at radius 2 is 1.32 bits per heavy atom. The molecule has 0 aliphatic heterocycles. The number of halogens is 3. The van der Waals surface area contributed by atoms with Gasteiger partial charge in [-0.3, -0.25) is 14.8 Å². The first kappa shape index (κ1) is 26.8. The van der Waals surface area contributed by atoms with Crippen LogP contribution in [0.15, 0.2) is 94.4 Å². The molecule has 6 nitrogen and oxygen atoms in total. The van der Waals surface area contributed by atoms with Crippen LogP contribution in [0.25, 0.3) is 43.5 Å². The maximum absolute atomic E-state index is 12.6. The number of aromatic nitrogens is 2. The molecule has 10 heteroatoms. The normalized spacial score (nSPS) is 11.2. The monoisotopic (exact) mass is 641 g/mol. The number of ketones is 1. The summed E-state index contributed by atoms with van der Waals surface area (Å²) < 4.78 is 42.5. The van der Waals surface area contributed by atoms with Gasteiger partial charge < -0.3 is 9.52 Å². The molecule has 3 aromatic carbocycles. The zero-order valence-electron chi connectivity index (χ0n) is 18.7. The molecule has 0 aliphatic rings. The third-order valence-corrected chi connectivity index (χ3v) is 5.60. The fraction of sp³-hybridized carbons (Fsp3) is 0.0370. The van der Waals surface area contributed by atoms with Crippen molar-refractivity contribution in [2.24, 2.45) is 0 Å². The summed E-state index contributed by atoms with van der Waals surface area (Å²) in [5, 5.41) is 13.2. The number of carbonyl (C=O) groups excluding carboxylic acids is 1. The minimum Gasteiger partial charge on any atom is -0.506 e. The van der Waals surface area contributed by atoms with Crippen LogP contribution in [0, 0.1) is 49.4 Å². The molecule has 3 aromatic heterocycles. The standard InChI is InChI=1S/C15H7F3O4.C12H8N2.Eu/c16-15(17,18)13(20)11-12(19)10-8-4-2-1-3-7(8)5-6-9(10)22-14(11)21;1-3-9-5-6-10-4-2-8-14-12(10)11(9)13-7-1;/h1-6,19H;1-8H;. The Morgan fingerprint density at radius 3 is 1.92 bits per heavy atom. The molecular weight excluding hydrogens is 625 g/mol. The molecule has 0 bridgehead atoms. The summed E-state index contributed by atoms with van der Waals surface area (Å²) in [6, 6.07) is 21.6. The summed E-state index contributed by atoms with van der Waals surface area (Å²) in [6.45, 7) is 0. The van der Waals surface area contributed by atoms with Crippen LogP contribution in [-0.2, 0) is 0 Å². The largest absolute Gasteiger partial charge is 0.506 e. The number of aromatic hydroxyl groups is 1. The summed E-state index contributed by atoms with van der Waals surface area (Å²) in [5.41, 5.74) is -1.07. The second-order valence-corrected chi connectivity index (χ2v) is 7.82. The van der Waals surface area contributed by atoms with Crippen molar-refractivity contribution < 1.29 is 76.9 Å². The summed E-state index contributed by atoms with van der Waals surface area (Å²) in [7, 11) is 0. The first-order valence-electron chi connectivity index (χ1n) is 10.6. The van der Waals surface area contributed by atoms with Crippen molar-refractivity contribution in [3.8, 4) is 5.75 Å². The van der Waals surface area contributed by atoms with Gasteiger partial charge in [-0.15, -0.1) is 0 Å². The Bertz CT molecular complexity index is 1800. The Labute approximate surface area is 247 Å². The number of carbonyl (C=O) groups is 1. The van der Waals surface area contributed by atoms with Crippen molar-refractivity contribution >= 4 is 49.3 Å². The molecule has 0 fully saturated rings. The average molecular weight is 640 g/mol. The van der Waals surface area contributed by atoms with Gasteiger partial charge in [-0.1, -0.05) is 54.6 Å². The predicted octanol–water partition coefficient (Wildman–Crippen LogP) is 6.18.